The fraction of sp³-hybridized carbons (Fsp3) is 0.706. The molecular formula is C17H26N2O4. The maximum absolute atomic E-state index is 12.7. The summed E-state index contributed by atoms with van der Waals surface area (Å²) >= 11 is 0. The Bertz CT molecular complexity index is 520. The van der Waals surface area contributed by atoms with E-state index < -0.39 is 5.97 Å². The quantitative estimate of drug-likeness (QED) is 0.543. The van der Waals surface area contributed by atoms with Gasteiger partial charge in [-0.05, 0) is 19.3 Å². The number of amides is 1. The predicted octanol–water partition coefficient (Wildman–Crippen LogP) is 3.17. The molecule has 1 heterocycles. The normalized spacial score (nSPS) is 14.9. The summed E-state index contributed by atoms with van der Waals surface area (Å²) in [7, 11) is 1.30. The molecule has 0 aromatic carbocycles. The smallest absolute Gasteiger partial charge is 0.360 e. The first-order valence-electron chi connectivity index (χ1n) is 8.47. The van der Waals surface area contributed by atoms with Crippen molar-refractivity contribution in [3.8, 4) is 0 Å². The van der Waals surface area contributed by atoms with E-state index in [0.29, 0.717) is 19.0 Å². The molecule has 1 aromatic heterocycles. The monoisotopic (exact) mass is 322 g/mol. The number of hydrogen-bond donors (Lipinski definition) is 0. The van der Waals surface area contributed by atoms with Gasteiger partial charge in [0.25, 0.3) is 0 Å². The fourth-order valence-electron chi connectivity index (χ4n) is 3.00. The molecule has 0 bridgehead atoms. The number of carbonyl (C=O) groups excluding carboxylic acids is 2. The van der Waals surface area contributed by atoms with Gasteiger partial charge in [-0.2, -0.15) is 0 Å². The summed E-state index contributed by atoms with van der Waals surface area (Å²) in [5, 5.41) is 0. The molecule has 1 aliphatic rings. The molecule has 23 heavy (non-hydrogen) atoms. The van der Waals surface area contributed by atoms with Crippen LogP contribution in [0.4, 0.5) is 0 Å². The molecule has 1 fully saturated rings. The van der Waals surface area contributed by atoms with E-state index in [0.717, 1.165) is 44.9 Å². The molecule has 1 saturated carbocycles. The van der Waals surface area contributed by atoms with Crippen molar-refractivity contribution in [3.63, 3.8) is 0 Å². The van der Waals surface area contributed by atoms with Crippen LogP contribution in [0.15, 0.2) is 10.7 Å². The first kappa shape index (κ1) is 17.5. The van der Waals surface area contributed by atoms with Crippen LogP contribution in [0.5, 0.6) is 0 Å². The van der Waals surface area contributed by atoms with E-state index in [-0.39, 0.29) is 17.5 Å². The Morgan fingerprint density at radius 1 is 1.35 bits per heavy atom. The fourth-order valence-corrected chi connectivity index (χ4v) is 3.00. The summed E-state index contributed by atoms with van der Waals surface area (Å²) < 4.78 is 9.95. The van der Waals surface area contributed by atoms with Gasteiger partial charge in [0, 0.05) is 12.5 Å². The van der Waals surface area contributed by atoms with Crippen LogP contribution in [0.3, 0.4) is 0 Å². The van der Waals surface area contributed by atoms with Gasteiger partial charge in [0.15, 0.2) is 5.69 Å². The highest BCUT2D eigenvalue weighted by molar-refractivity contribution is 5.86. The van der Waals surface area contributed by atoms with Crippen molar-refractivity contribution in [2.24, 2.45) is 5.92 Å². The summed E-state index contributed by atoms with van der Waals surface area (Å²) in [6.07, 6.45) is 8.66. The molecule has 0 spiro atoms. The third-order valence-corrected chi connectivity index (χ3v) is 4.32. The lowest BCUT2D eigenvalue weighted by Crippen LogP contribution is -2.35. The van der Waals surface area contributed by atoms with Crippen LogP contribution in [0.2, 0.25) is 0 Å². The number of methoxy groups -OCH3 is 1. The number of carbonyl (C=O) groups is 2. The van der Waals surface area contributed by atoms with Crippen molar-refractivity contribution in [1.29, 1.82) is 0 Å². The maximum Gasteiger partial charge on any atom is 0.360 e. The first-order chi connectivity index (χ1) is 11.2. The van der Waals surface area contributed by atoms with Crippen LogP contribution >= 0.6 is 0 Å². The Morgan fingerprint density at radius 2 is 2.09 bits per heavy atom. The van der Waals surface area contributed by atoms with Gasteiger partial charge in [0.05, 0.1) is 13.7 Å². The average molecular weight is 322 g/mol. The van der Waals surface area contributed by atoms with Crippen molar-refractivity contribution < 1.29 is 18.7 Å². The van der Waals surface area contributed by atoms with Gasteiger partial charge < -0.3 is 14.1 Å². The van der Waals surface area contributed by atoms with Crippen LogP contribution in [-0.4, -0.2) is 35.4 Å². The van der Waals surface area contributed by atoms with Crippen LogP contribution in [0.25, 0.3) is 0 Å². The lowest BCUT2D eigenvalue weighted by atomic mass is 10.1. The second-order valence-electron chi connectivity index (χ2n) is 6.07. The number of unbranched alkanes of at least 4 members (excludes halogenated alkanes) is 2. The minimum atomic E-state index is -0.528. The summed E-state index contributed by atoms with van der Waals surface area (Å²) in [4.78, 5) is 30.1. The summed E-state index contributed by atoms with van der Waals surface area (Å²) in [6.45, 7) is 3.16. The highest BCUT2D eigenvalue weighted by Crippen LogP contribution is 2.27. The van der Waals surface area contributed by atoms with Crippen LogP contribution < -0.4 is 0 Å². The summed E-state index contributed by atoms with van der Waals surface area (Å²) in [5.41, 5.74) is 0.143. The van der Waals surface area contributed by atoms with Crippen LogP contribution in [0.1, 0.15) is 68.2 Å². The summed E-state index contributed by atoms with van der Waals surface area (Å²) in [6, 6.07) is 0. The molecular weight excluding hydrogens is 296 g/mol. The minimum absolute atomic E-state index is 0.131. The topological polar surface area (TPSA) is 72.6 Å². The molecule has 6 nitrogen and oxygen atoms in total. The molecule has 2 rings (SSSR count). The number of ether oxygens (including phenoxy) is 1. The van der Waals surface area contributed by atoms with Crippen molar-refractivity contribution in [3.05, 3.63) is 17.8 Å². The van der Waals surface area contributed by atoms with Crippen LogP contribution in [0, 0.1) is 5.92 Å². The Balaban J connectivity index is 2.02. The molecule has 0 N–H and O–H groups in total. The van der Waals surface area contributed by atoms with Crippen molar-refractivity contribution >= 4 is 11.9 Å². The standard InChI is InChI=1S/C17H26N2O4/c1-3-4-7-10-19(16(20)13-8-5-6-9-13)11-15-18-14(12-23-15)17(21)22-2/h12-13H,3-11H2,1-2H3. The van der Waals surface area contributed by atoms with Crippen molar-refractivity contribution in [1.82, 2.24) is 9.88 Å². The lowest BCUT2D eigenvalue weighted by molar-refractivity contribution is -0.136. The molecule has 128 valence electrons. The Kier molecular flexibility index (Phi) is 6.62. The maximum atomic E-state index is 12.7. The largest absolute Gasteiger partial charge is 0.464 e. The van der Waals surface area contributed by atoms with E-state index >= 15 is 0 Å². The van der Waals surface area contributed by atoms with Gasteiger partial charge in [-0.15, -0.1) is 0 Å². The van der Waals surface area contributed by atoms with E-state index in [4.69, 9.17) is 4.42 Å². The SMILES string of the molecule is CCCCCN(Cc1nc(C(=O)OC)co1)C(=O)C1CCCC1. The van der Waals surface area contributed by atoms with E-state index in [1.165, 1.54) is 13.4 Å². The molecule has 0 atom stereocenters. The highest BCUT2D eigenvalue weighted by atomic mass is 16.5. The van der Waals surface area contributed by atoms with Crippen LogP contribution in [-0.2, 0) is 16.1 Å². The Labute approximate surface area is 137 Å². The molecule has 0 saturated heterocycles. The Morgan fingerprint density at radius 3 is 2.74 bits per heavy atom. The molecule has 0 radical (unpaired) electrons. The highest BCUT2D eigenvalue weighted by Gasteiger charge is 2.28. The van der Waals surface area contributed by atoms with Gasteiger partial charge in [0.1, 0.15) is 6.26 Å². The van der Waals surface area contributed by atoms with Gasteiger partial charge in [-0.25, -0.2) is 9.78 Å². The van der Waals surface area contributed by atoms with Crippen molar-refractivity contribution in [2.75, 3.05) is 13.7 Å². The number of oxazole rings is 1. The first-order valence-corrected chi connectivity index (χ1v) is 8.47. The molecule has 0 unspecified atom stereocenters. The second kappa shape index (κ2) is 8.70. The zero-order chi connectivity index (χ0) is 16.7. The number of hydrogen-bond acceptors (Lipinski definition) is 5. The zero-order valence-electron chi connectivity index (χ0n) is 14.0. The zero-order valence-corrected chi connectivity index (χ0v) is 14.0. The van der Waals surface area contributed by atoms with E-state index in [1.54, 1.807) is 0 Å². The van der Waals surface area contributed by atoms with E-state index in [9.17, 15) is 9.59 Å². The minimum Gasteiger partial charge on any atom is -0.464 e. The number of rotatable bonds is 8. The number of aromatic nitrogens is 1. The average Bonchev–Trinajstić information content (AvgIpc) is 3.24. The summed E-state index contributed by atoms with van der Waals surface area (Å²) in [5.74, 6) is 0.177. The van der Waals surface area contributed by atoms with Gasteiger partial charge in [-0.1, -0.05) is 32.6 Å². The Hall–Kier alpha value is -1.85. The third-order valence-electron chi connectivity index (χ3n) is 4.32. The molecule has 1 aliphatic carbocycles. The number of esters is 1. The molecule has 1 amide bonds. The predicted molar refractivity (Wildman–Crippen MR) is 84.7 cm³/mol. The molecule has 1 aromatic rings. The van der Waals surface area contributed by atoms with Gasteiger partial charge in [-0.3, -0.25) is 4.79 Å². The van der Waals surface area contributed by atoms with E-state index in [2.05, 4.69) is 16.6 Å². The molecule has 6 heteroatoms. The molecule has 0 aliphatic heterocycles. The van der Waals surface area contributed by atoms with Gasteiger partial charge in [0.2, 0.25) is 11.8 Å². The van der Waals surface area contributed by atoms with Crippen molar-refractivity contribution in [2.45, 2.75) is 58.4 Å². The van der Waals surface area contributed by atoms with E-state index in [1.807, 2.05) is 4.90 Å². The lowest BCUT2D eigenvalue weighted by Gasteiger charge is -2.24. The third kappa shape index (κ3) is 4.81. The number of nitrogens with zero attached hydrogens (tertiary/aromatic N) is 2. The van der Waals surface area contributed by atoms with Gasteiger partial charge >= 0.3 is 5.97 Å². The second-order valence-corrected chi connectivity index (χ2v) is 6.07.